The minimum absolute atomic E-state index is 0.0316. The van der Waals surface area contributed by atoms with Crippen molar-refractivity contribution in [2.24, 2.45) is 4.99 Å². The van der Waals surface area contributed by atoms with Gasteiger partial charge in [0.25, 0.3) is 0 Å². The lowest BCUT2D eigenvalue weighted by molar-refractivity contribution is -0.117. The quantitative estimate of drug-likeness (QED) is 0.539. The largest absolute Gasteiger partial charge is 0.497 e. The summed E-state index contributed by atoms with van der Waals surface area (Å²) in [7, 11) is 3.32. The lowest BCUT2D eigenvalue weighted by atomic mass is 9.85. The molecule has 27 heavy (non-hydrogen) atoms. The third kappa shape index (κ3) is 4.91. The molecule has 1 amide bonds. The van der Waals surface area contributed by atoms with Crippen LogP contribution in [0.15, 0.2) is 29.3 Å². The van der Waals surface area contributed by atoms with Crippen LogP contribution in [0, 0.1) is 0 Å². The van der Waals surface area contributed by atoms with E-state index >= 15 is 0 Å². The number of nitrogens with one attached hydrogen (secondary N) is 2. The average Bonchev–Trinajstić information content (AvgIpc) is 3.06. The van der Waals surface area contributed by atoms with Gasteiger partial charge in [-0.05, 0) is 25.0 Å². The fourth-order valence-corrected chi connectivity index (χ4v) is 3.86. The zero-order valence-corrected chi connectivity index (χ0v) is 16.2. The molecule has 148 valence electrons. The Labute approximate surface area is 160 Å². The van der Waals surface area contributed by atoms with E-state index in [1.54, 1.807) is 19.1 Å². The Hall–Kier alpha value is -2.28. The maximum absolute atomic E-state index is 12.5. The molecule has 3 N–H and O–H groups in total. The van der Waals surface area contributed by atoms with Gasteiger partial charge in [0.05, 0.1) is 18.8 Å². The van der Waals surface area contributed by atoms with Crippen molar-refractivity contribution in [3.8, 4) is 5.75 Å². The van der Waals surface area contributed by atoms with E-state index in [0.717, 1.165) is 37.1 Å². The smallest absolute Gasteiger partial charge is 0.229 e. The van der Waals surface area contributed by atoms with Gasteiger partial charge in [-0.1, -0.05) is 25.3 Å². The summed E-state index contributed by atoms with van der Waals surface area (Å²) in [6.07, 6.45) is 5.38. The van der Waals surface area contributed by atoms with Crippen LogP contribution in [-0.4, -0.2) is 55.9 Å². The third-order valence-corrected chi connectivity index (χ3v) is 5.42. The number of guanidine groups is 1. The Morgan fingerprint density at radius 3 is 2.85 bits per heavy atom. The number of carbonyl (C=O) groups is 1. The van der Waals surface area contributed by atoms with Gasteiger partial charge < -0.3 is 25.4 Å². The second kappa shape index (κ2) is 8.61. The topological polar surface area (TPSA) is 86.2 Å². The van der Waals surface area contributed by atoms with E-state index in [1.165, 1.54) is 6.42 Å². The number of ether oxygens (including phenoxy) is 1. The van der Waals surface area contributed by atoms with Crippen LogP contribution in [0.1, 0.15) is 38.5 Å². The van der Waals surface area contributed by atoms with Crippen LogP contribution in [0.2, 0.25) is 0 Å². The molecular weight excluding hydrogens is 344 g/mol. The molecule has 1 heterocycles. The van der Waals surface area contributed by atoms with Gasteiger partial charge >= 0.3 is 0 Å². The number of aliphatic hydroxyl groups is 1. The second-order valence-electron chi connectivity index (χ2n) is 7.46. The van der Waals surface area contributed by atoms with E-state index in [1.807, 2.05) is 24.3 Å². The molecule has 3 rings (SSSR count). The van der Waals surface area contributed by atoms with Crippen LogP contribution in [0.25, 0.3) is 0 Å². The summed E-state index contributed by atoms with van der Waals surface area (Å²) < 4.78 is 5.25. The first-order valence-corrected chi connectivity index (χ1v) is 9.67. The molecule has 1 saturated heterocycles. The SMILES string of the molecule is CN=C(NCC1(O)CCCCC1)NC1CC(=O)N(c2cccc(OC)c2)C1. The monoisotopic (exact) mass is 374 g/mol. The summed E-state index contributed by atoms with van der Waals surface area (Å²) in [5, 5.41) is 17.2. The molecule has 1 aliphatic carbocycles. The van der Waals surface area contributed by atoms with E-state index in [0.29, 0.717) is 25.5 Å². The van der Waals surface area contributed by atoms with E-state index in [-0.39, 0.29) is 11.9 Å². The summed E-state index contributed by atoms with van der Waals surface area (Å²) in [4.78, 5) is 18.5. The van der Waals surface area contributed by atoms with Crippen LogP contribution in [0.3, 0.4) is 0 Å². The molecule has 1 atom stereocenters. The van der Waals surface area contributed by atoms with Gasteiger partial charge in [0, 0.05) is 38.3 Å². The summed E-state index contributed by atoms with van der Waals surface area (Å²) in [6, 6.07) is 7.49. The van der Waals surface area contributed by atoms with Gasteiger partial charge in [-0.2, -0.15) is 0 Å². The molecule has 2 aliphatic rings. The lowest BCUT2D eigenvalue weighted by Crippen LogP contribution is -2.50. The minimum Gasteiger partial charge on any atom is -0.497 e. The number of aliphatic imine (C=N–C) groups is 1. The fourth-order valence-electron chi connectivity index (χ4n) is 3.86. The van der Waals surface area contributed by atoms with Gasteiger partial charge in [-0.3, -0.25) is 9.79 Å². The highest BCUT2D eigenvalue weighted by molar-refractivity contribution is 5.97. The Balaban J connectivity index is 1.56. The first-order chi connectivity index (χ1) is 13.0. The summed E-state index contributed by atoms with van der Waals surface area (Å²) in [6.45, 7) is 1.05. The van der Waals surface area contributed by atoms with Crippen LogP contribution in [0.5, 0.6) is 5.75 Å². The molecule has 7 heteroatoms. The Morgan fingerprint density at radius 1 is 1.37 bits per heavy atom. The molecule has 1 aromatic rings. The molecule has 1 aromatic carbocycles. The zero-order chi connectivity index (χ0) is 19.3. The van der Waals surface area contributed by atoms with E-state index in [4.69, 9.17) is 4.74 Å². The van der Waals surface area contributed by atoms with Crippen molar-refractivity contribution in [1.82, 2.24) is 10.6 Å². The molecule has 1 aliphatic heterocycles. The highest BCUT2D eigenvalue weighted by Crippen LogP contribution is 2.27. The van der Waals surface area contributed by atoms with Crippen molar-refractivity contribution in [2.75, 3.05) is 32.1 Å². The number of hydrogen-bond acceptors (Lipinski definition) is 4. The molecule has 7 nitrogen and oxygen atoms in total. The molecule has 0 radical (unpaired) electrons. The summed E-state index contributed by atoms with van der Waals surface area (Å²) in [5.41, 5.74) is 0.177. The number of anilines is 1. The van der Waals surface area contributed by atoms with Crippen molar-refractivity contribution in [3.63, 3.8) is 0 Å². The van der Waals surface area contributed by atoms with E-state index in [2.05, 4.69) is 15.6 Å². The highest BCUT2D eigenvalue weighted by atomic mass is 16.5. The second-order valence-corrected chi connectivity index (χ2v) is 7.46. The normalized spacial score (nSPS) is 22.6. The molecule has 1 unspecified atom stereocenters. The van der Waals surface area contributed by atoms with Gasteiger partial charge in [0.15, 0.2) is 5.96 Å². The number of methoxy groups -OCH3 is 1. The maximum atomic E-state index is 12.5. The van der Waals surface area contributed by atoms with E-state index in [9.17, 15) is 9.90 Å². The zero-order valence-electron chi connectivity index (χ0n) is 16.2. The minimum atomic E-state index is -0.659. The molecule has 0 spiro atoms. The van der Waals surface area contributed by atoms with Crippen molar-refractivity contribution in [3.05, 3.63) is 24.3 Å². The highest BCUT2D eigenvalue weighted by Gasteiger charge is 2.32. The average molecular weight is 374 g/mol. The van der Waals surface area contributed by atoms with Crippen LogP contribution < -0.4 is 20.3 Å². The van der Waals surface area contributed by atoms with Crippen molar-refractivity contribution in [1.29, 1.82) is 0 Å². The number of benzene rings is 1. The van der Waals surface area contributed by atoms with Crippen LogP contribution >= 0.6 is 0 Å². The summed E-state index contributed by atoms with van der Waals surface area (Å²) in [5.74, 6) is 1.43. The van der Waals surface area contributed by atoms with Crippen LogP contribution in [-0.2, 0) is 4.79 Å². The fraction of sp³-hybridized carbons (Fsp3) is 0.600. The molecule has 0 aromatic heterocycles. The predicted octanol–water partition coefficient (Wildman–Crippen LogP) is 1.66. The number of nitrogens with zero attached hydrogens (tertiary/aromatic N) is 2. The first-order valence-electron chi connectivity index (χ1n) is 9.67. The third-order valence-electron chi connectivity index (χ3n) is 5.42. The number of carbonyl (C=O) groups excluding carboxylic acids is 1. The number of rotatable bonds is 5. The number of amides is 1. The van der Waals surface area contributed by atoms with Gasteiger partial charge in [0.2, 0.25) is 5.91 Å². The molecular formula is C20H30N4O3. The Bertz CT molecular complexity index is 686. The molecule has 0 bridgehead atoms. The standard InChI is InChI=1S/C20H30N4O3/c1-21-19(22-14-20(26)9-4-3-5-10-20)23-15-11-18(25)24(13-15)16-7-6-8-17(12-16)27-2/h6-8,12,15,26H,3-5,9-11,13-14H2,1-2H3,(H2,21,22,23). The maximum Gasteiger partial charge on any atom is 0.229 e. The predicted molar refractivity (Wildman–Crippen MR) is 106 cm³/mol. The van der Waals surface area contributed by atoms with Gasteiger partial charge in [-0.15, -0.1) is 0 Å². The van der Waals surface area contributed by atoms with Crippen molar-refractivity contribution >= 4 is 17.6 Å². The Morgan fingerprint density at radius 2 is 2.15 bits per heavy atom. The van der Waals surface area contributed by atoms with Crippen LogP contribution in [0.4, 0.5) is 5.69 Å². The molecule has 1 saturated carbocycles. The molecule has 2 fully saturated rings. The van der Waals surface area contributed by atoms with Crippen molar-refractivity contribution < 1.29 is 14.6 Å². The Kier molecular flexibility index (Phi) is 6.21. The summed E-state index contributed by atoms with van der Waals surface area (Å²) >= 11 is 0. The first kappa shape index (κ1) is 19.5. The number of hydrogen-bond donors (Lipinski definition) is 3. The lowest BCUT2D eigenvalue weighted by Gasteiger charge is -2.33. The van der Waals surface area contributed by atoms with E-state index < -0.39 is 5.60 Å². The van der Waals surface area contributed by atoms with Crippen molar-refractivity contribution in [2.45, 2.75) is 50.2 Å². The van der Waals surface area contributed by atoms with Gasteiger partial charge in [0.1, 0.15) is 5.75 Å². The van der Waals surface area contributed by atoms with Gasteiger partial charge in [-0.25, -0.2) is 0 Å².